The highest BCUT2D eigenvalue weighted by Gasteiger charge is 2.19. The molecule has 0 aliphatic rings. The number of benzene rings is 1. The molecular formula is C22H18N4O2S2. The molecule has 0 saturated heterocycles. The highest BCUT2D eigenvalue weighted by molar-refractivity contribution is 7.99. The lowest BCUT2D eigenvalue weighted by molar-refractivity contribution is 0.583. The number of aryl methyl sites for hydroxylation is 1. The molecule has 0 spiro atoms. The summed E-state index contributed by atoms with van der Waals surface area (Å²) in [4.78, 5) is 25.7. The number of hydrogen-bond donors (Lipinski definition) is 1. The van der Waals surface area contributed by atoms with Crippen LogP contribution < -0.4 is 5.56 Å². The van der Waals surface area contributed by atoms with Crippen LogP contribution >= 0.6 is 23.1 Å². The van der Waals surface area contributed by atoms with E-state index < -0.39 is 0 Å². The molecule has 1 aromatic carbocycles. The predicted molar refractivity (Wildman–Crippen MR) is 121 cm³/mol. The van der Waals surface area contributed by atoms with E-state index in [9.17, 15) is 4.79 Å². The highest BCUT2D eigenvalue weighted by Crippen LogP contribution is 2.35. The lowest BCUT2D eigenvalue weighted by Gasteiger charge is -2.12. The first-order chi connectivity index (χ1) is 14.6. The zero-order valence-electron chi connectivity index (χ0n) is 16.3. The Morgan fingerprint density at radius 2 is 2.17 bits per heavy atom. The van der Waals surface area contributed by atoms with Crippen molar-refractivity contribution in [2.24, 2.45) is 0 Å². The number of hydrogen-bond acceptors (Lipinski definition) is 6. The Morgan fingerprint density at radius 3 is 2.97 bits per heavy atom. The molecule has 1 N–H and O–H groups in total. The number of imidazole rings is 1. The average molecular weight is 435 g/mol. The third-order valence-electron chi connectivity index (χ3n) is 4.80. The van der Waals surface area contributed by atoms with Crippen LogP contribution in [-0.2, 0) is 0 Å². The van der Waals surface area contributed by atoms with Crippen LogP contribution in [0.1, 0.15) is 23.6 Å². The molecule has 5 rings (SSSR count). The van der Waals surface area contributed by atoms with Gasteiger partial charge in [0, 0.05) is 29.0 Å². The second kappa shape index (κ2) is 7.62. The van der Waals surface area contributed by atoms with Gasteiger partial charge in [-0.25, -0.2) is 9.97 Å². The zero-order valence-corrected chi connectivity index (χ0v) is 18.0. The molecule has 6 nitrogen and oxygen atoms in total. The smallest absolute Gasteiger partial charge is 0.260 e. The molecular weight excluding hydrogens is 416 g/mol. The number of fused-ring (bicyclic) bond motifs is 1. The third kappa shape index (κ3) is 3.38. The van der Waals surface area contributed by atoms with E-state index in [1.54, 1.807) is 24.2 Å². The molecule has 5 aromatic rings. The van der Waals surface area contributed by atoms with Crippen LogP contribution in [0.15, 0.2) is 74.8 Å². The van der Waals surface area contributed by atoms with Gasteiger partial charge in [0.15, 0.2) is 5.16 Å². The maximum Gasteiger partial charge on any atom is 0.260 e. The molecule has 1 atom stereocenters. The molecule has 8 heteroatoms. The molecule has 0 saturated carbocycles. The average Bonchev–Trinajstić information content (AvgIpc) is 3.48. The van der Waals surface area contributed by atoms with E-state index in [-0.39, 0.29) is 10.8 Å². The first-order valence-corrected chi connectivity index (χ1v) is 11.2. The number of H-pyrrole nitrogens is 1. The van der Waals surface area contributed by atoms with Crippen LogP contribution in [0.4, 0.5) is 0 Å². The van der Waals surface area contributed by atoms with E-state index in [2.05, 4.69) is 35.1 Å². The third-order valence-corrected chi connectivity index (χ3v) is 6.76. The fraction of sp³-hybridized carbons (Fsp3) is 0.136. The van der Waals surface area contributed by atoms with Gasteiger partial charge >= 0.3 is 0 Å². The standard InChI is InChI=1S/C22H18N4O2S2/c1-13-5-3-6-15(11-13)26-9-8-23-22(26)30-14(2)19-24-20(27)18-16(12-29-21(18)25-19)17-7-4-10-28-17/h3-12,14H,1-2H3,(H,24,25,27). The summed E-state index contributed by atoms with van der Waals surface area (Å²) in [5, 5.41) is 3.25. The number of nitrogens with one attached hydrogen (secondary N) is 1. The van der Waals surface area contributed by atoms with Gasteiger partial charge in [0.05, 0.1) is 16.9 Å². The van der Waals surface area contributed by atoms with Crippen molar-refractivity contribution in [1.82, 2.24) is 19.5 Å². The number of thiophene rings is 1. The summed E-state index contributed by atoms with van der Waals surface area (Å²) in [6.07, 6.45) is 5.33. The Morgan fingerprint density at radius 1 is 1.27 bits per heavy atom. The summed E-state index contributed by atoms with van der Waals surface area (Å²) in [5.74, 6) is 1.30. The molecule has 1 unspecified atom stereocenters. The van der Waals surface area contributed by atoms with Crippen LogP contribution in [-0.4, -0.2) is 19.5 Å². The molecule has 4 heterocycles. The fourth-order valence-electron chi connectivity index (χ4n) is 3.34. The Kier molecular flexibility index (Phi) is 4.80. The number of rotatable bonds is 5. The Balaban J connectivity index is 1.47. The summed E-state index contributed by atoms with van der Waals surface area (Å²) >= 11 is 3.00. The van der Waals surface area contributed by atoms with Gasteiger partial charge in [0.25, 0.3) is 5.56 Å². The van der Waals surface area contributed by atoms with Crippen molar-refractivity contribution in [1.29, 1.82) is 0 Å². The molecule has 0 fully saturated rings. The monoisotopic (exact) mass is 434 g/mol. The van der Waals surface area contributed by atoms with E-state index in [0.29, 0.717) is 21.8 Å². The fourth-order valence-corrected chi connectivity index (χ4v) is 5.21. The van der Waals surface area contributed by atoms with Gasteiger partial charge in [-0.2, -0.15) is 0 Å². The first kappa shape index (κ1) is 18.9. The lowest BCUT2D eigenvalue weighted by atomic mass is 10.2. The van der Waals surface area contributed by atoms with E-state index >= 15 is 0 Å². The first-order valence-electron chi connectivity index (χ1n) is 9.42. The lowest BCUT2D eigenvalue weighted by Crippen LogP contribution is -2.12. The number of aromatic amines is 1. The Hall–Kier alpha value is -3.10. The van der Waals surface area contributed by atoms with Crippen molar-refractivity contribution < 1.29 is 4.42 Å². The normalized spacial score (nSPS) is 12.5. The minimum Gasteiger partial charge on any atom is -0.464 e. The number of aromatic nitrogens is 4. The largest absolute Gasteiger partial charge is 0.464 e. The molecule has 150 valence electrons. The van der Waals surface area contributed by atoms with Crippen LogP contribution in [0.2, 0.25) is 0 Å². The molecule has 0 aliphatic carbocycles. The van der Waals surface area contributed by atoms with Gasteiger partial charge in [-0.1, -0.05) is 23.9 Å². The van der Waals surface area contributed by atoms with Crippen LogP contribution in [0.5, 0.6) is 0 Å². The summed E-state index contributed by atoms with van der Waals surface area (Å²) < 4.78 is 7.51. The maximum atomic E-state index is 12.8. The number of furan rings is 1. The summed E-state index contributed by atoms with van der Waals surface area (Å²) in [6.45, 7) is 4.09. The van der Waals surface area contributed by atoms with Crippen LogP contribution in [0, 0.1) is 6.92 Å². The highest BCUT2D eigenvalue weighted by atomic mass is 32.2. The van der Waals surface area contributed by atoms with Crippen LogP contribution in [0.25, 0.3) is 27.2 Å². The quantitative estimate of drug-likeness (QED) is 0.365. The molecule has 30 heavy (non-hydrogen) atoms. The minimum atomic E-state index is -0.155. The van der Waals surface area contributed by atoms with Crippen molar-refractivity contribution in [3.05, 3.63) is 82.2 Å². The predicted octanol–water partition coefficient (Wildman–Crippen LogP) is 5.59. The topological polar surface area (TPSA) is 76.7 Å². The van der Waals surface area contributed by atoms with Crippen molar-refractivity contribution in [2.45, 2.75) is 24.3 Å². The Bertz CT molecular complexity index is 1380. The summed E-state index contributed by atoms with van der Waals surface area (Å²) in [5.41, 5.74) is 2.86. The van der Waals surface area contributed by atoms with Crippen molar-refractivity contribution in [2.75, 3.05) is 0 Å². The van der Waals surface area contributed by atoms with Gasteiger partial charge in [-0.3, -0.25) is 9.36 Å². The van der Waals surface area contributed by atoms with E-state index in [4.69, 9.17) is 9.40 Å². The Labute approximate surface area is 180 Å². The zero-order chi connectivity index (χ0) is 20.7. The molecule has 4 aromatic heterocycles. The van der Waals surface area contributed by atoms with E-state index in [0.717, 1.165) is 16.4 Å². The van der Waals surface area contributed by atoms with Gasteiger partial charge < -0.3 is 9.40 Å². The number of nitrogens with zero attached hydrogens (tertiary/aromatic N) is 3. The second-order valence-electron chi connectivity index (χ2n) is 6.94. The van der Waals surface area contributed by atoms with Crippen LogP contribution in [0.3, 0.4) is 0 Å². The molecule has 0 aliphatic heterocycles. The van der Waals surface area contributed by atoms with Crippen molar-refractivity contribution in [3.63, 3.8) is 0 Å². The van der Waals surface area contributed by atoms with E-state index in [1.165, 1.54) is 16.9 Å². The molecule has 0 radical (unpaired) electrons. The summed E-state index contributed by atoms with van der Waals surface area (Å²) in [7, 11) is 0. The second-order valence-corrected chi connectivity index (χ2v) is 9.10. The van der Waals surface area contributed by atoms with Gasteiger partial charge in [0.2, 0.25) is 0 Å². The number of thioether (sulfide) groups is 1. The van der Waals surface area contributed by atoms with Crippen molar-refractivity contribution >= 4 is 33.3 Å². The SMILES string of the molecule is Cc1cccc(-n2ccnc2SC(C)c2nc3scc(-c4ccco4)c3c(=O)[nH]2)c1. The van der Waals surface area contributed by atoms with E-state index in [1.807, 2.05) is 41.3 Å². The minimum absolute atomic E-state index is 0.0813. The summed E-state index contributed by atoms with van der Waals surface area (Å²) in [6, 6.07) is 11.9. The molecule has 0 amide bonds. The van der Waals surface area contributed by atoms with Gasteiger partial charge in [0.1, 0.15) is 16.4 Å². The molecule has 0 bridgehead atoms. The van der Waals surface area contributed by atoms with Gasteiger partial charge in [-0.05, 0) is 43.7 Å². The van der Waals surface area contributed by atoms with Crippen molar-refractivity contribution in [3.8, 4) is 17.0 Å². The van der Waals surface area contributed by atoms with Gasteiger partial charge in [-0.15, -0.1) is 11.3 Å². The maximum absolute atomic E-state index is 12.8.